The Balaban J connectivity index is 2.78. The van der Waals surface area contributed by atoms with E-state index in [4.69, 9.17) is 16.7 Å². The highest BCUT2D eigenvalue weighted by Crippen LogP contribution is 1.98. The molecule has 2 atom stereocenters. The van der Waals surface area contributed by atoms with E-state index in [9.17, 15) is 18.6 Å². The van der Waals surface area contributed by atoms with E-state index >= 15 is 0 Å². The first-order valence-corrected chi connectivity index (χ1v) is 8.23. The lowest BCUT2D eigenvalue weighted by molar-refractivity contribution is -0.117. The smallest absolute Gasteiger partial charge is 0.325 e. The summed E-state index contributed by atoms with van der Waals surface area (Å²) in [7, 11) is -1.35. The van der Waals surface area contributed by atoms with Crippen molar-refractivity contribution in [2.24, 2.45) is 0 Å². The number of aliphatic hydroxyl groups is 1. The van der Waals surface area contributed by atoms with Gasteiger partial charge in [0.25, 0.3) is 5.56 Å². The van der Waals surface area contributed by atoms with E-state index in [1.54, 1.807) is 0 Å². The molecule has 122 valence electrons. The van der Waals surface area contributed by atoms with Crippen molar-refractivity contribution < 1.29 is 14.1 Å². The number of H-pyrrole nitrogens is 2. The van der Waals surface area contributed by atoms with Crippen LogP contribution in [0, 0.1) is 6.92 Å². The standard InChI is InChI=1S/C12H16ClN3O5S/c1-7-9(11(19)16-12(20)14-7)2-3-10(18)15-8(4-17)5-22(21)6-13/h2-3,8,17H,4-6H2,1H3,(H,15,18)(H2,14,16,19,20)/b3-2+/t8-,22+/m0/s1. The fourth-order valence-electron chi connectivity index (χ4n) is 1.63. The van der Waals surface area contributed by atoms with E-state index in [-0.39, 0.29) is 23.1 Å². The van der Waals surface area contributed by atoms with Gasteiger partial charge in [0.1, 0.15) is 0 Å². The number of nitrogens with one attached hydrogen (secondary N) is 3. The number of alkyl halides is 1. The molecule has 0 saturated heterocycles. The normalized spacial score (nSPS) is 14.0. The molecule has 0 aliphatic heterocycles. The van der Waals surface area contributed by atoms with Crippen LogP contribution in [-0.4, -0.2) is 48.8 Å². The number of amides is 1. The fraction of sp³-hybridized carbons (Fsp3) is 0.417. The zero-order valence-corrected chi connectivity index (χ0v) is 13.3. The summed E-state index contributed by atoms with van der Waals surface area (Å²) in [4.78, 5) is 38.8. The van der Waals surface area contributed by atoms with Gasteiger partial charge in [0.15, 0.2) is 0 Å². The third kappa shape index (κ3) is 5.58. The Hall–Kier alpha value is -1.71. The molecular weight excluding hydrogens is 334 g/mol. The Labute approximate surface area is 133 Å². The Morgan fingerprint density at radius 1 is 1.45 bits per heavy atom. The molecule has 0 aliphatic carbocycles. The number of halogens is 1. The number of hydrogen-bond donors (Lipinski definition) is 4. The lowest BCUT2D eigenvalue weighted by Crippen LogP contribution is -2.40. The van der Waals surface area contributed by atoms with Crippen LogP contribution in [0.5, 0.6) is 0 Å². The average Bonchev–Trinajstić information content (AvgIpc) is 2.45. The fourth-order valence-corrected chi connectivity index (χ4v) is 2.62. The molecule has 1 aromatic heterocycles. The van der Waals surface area contributed by atoms with Gasteiger partial charge >= 0.3 is 5.69 Å². The summed E-state index contributed by atoms with van der Waals surface area (Å²) < 4.78 is 11.3. The molecule has 0 bridgehead atoms. The number of hydrogen-bond acceptors (Lipinski definition) is 5. The quantitative estimate of drug-likeness (QED) is 0.363. The van der Waals surface area contributed by atoms with Crippen molar-refractivity contribution in [2.75, 3.05) is 17.6 Å². The van der Waals surface area contributed by atoms with Crippen molar-refractivity contribution in [1.82, 2.24) is 15.3 Å². The Bertz CT molecular complexity index is 697. The van der Waals surface area contributed by atoms with Crippen LogP contribution in [0.4, 0.5) is 0 Å². The monoisotopic (exact) mass is 349 g/mol. The topological polar surface area (TPSA) is 132 Å². The summed E-state index contributed by atoms with van der Waals surface area (Å²) in [5, 5.41) is 11.5. The predicted molar refractivity (Wildman–Crippen MR) is 84.2 cm³/mol. The first-order chi connectivity index (χ1) is 10.4. The van der Waals surface area contributed by atoms with Gasteiger partial charge < -0.3 is 15.4 Å². The highest BCUT2D eigenvalue weighted by molar-refractivity contribution is 7.86. The van der Waals surface area contributed by atoms with Crippen molar-refractivity contribution in [3.8, 4) is 0 Å². The number of aliphatic hydroxyl groups excluding tert-OH is 1. The Morgan fingerprint density at radius 2 is 2.14 bits per heavy atom. The molecule has 1 rings (SSSR count). The second-order valence-electron chi connectivity index (χ2n) is 4.38. The molecule has 0 spiro atoms. The summed E-state index contributed by atoms with van der Waals surface area (Å²) in [5.41, 5.74) is -0.792. The van der Waals surface area contributed by atoms with Crippen LogP contribution in [0.2, 0.25) is 0 Å². The molecule has 0 unspecified atom stereocenters. The lowest BCUT2D eigenvalue weighted by atomic mass is 10.2. The van der Waals surface area contributed by atoms with Crippen molar-refractivity contribution in [3.05, 3.63) is 38.2 Å². The summed E-state index contributed by atoms with van der Waals surface area (Å²) in [6.07, 6.45) is 2.33. The van der Waals surface area contributed by atoms with Gasteiger partial charge in [-0.1, -0.05) is 0 Å². The van der Waals surface area contributed by atoms with E-state index in [0.29, 0.717) is 5.69 Å². The number of aromatic amines is 2. The van der Waals surface area contributed by atoms with Gasteiger partial charge in [-0.25, -0.2) is 4.79 Å². The summed E-state index contributed by atoms with van der Waals surface area (Å²) in [6, 6.07) is -0.702. The SMILES string of the molecule is Cc1[nH]c(=O)[nH]c(=O)c1/C=C/C(=O)N[C@@H](CO)C[S@@](=O)CCl. The van der Waals surface area contributed by atoms with E-state index in [1.807, 2.05) is 4.98 Å². The van der Waals surface area contributed by atoms with E-state index in [2.05, 4.69) is 10.3 Å². The Morgan fingerprint density at radius 3 is 2.68 bits per heavy atom. The molecule has 0 fully saturated rings. The summed E-state index contributed by atoms with van der Waals surface area (Å²) >= 11 is 5.40. The first-order valence-electron chi connectivity index (χ1n) is 6.21. The van der Waals surface area contributed by atoms with Crippen LogP contribution in [0.1, 0.15) is 11.3 Å². The molecule has 8 nitrogen and oxygen atoms in total. The minimum absolute atomic E-state index is 0.0256. The molecule has 0 aromatic carbocycles. The molecule has 4 N–H and O–H groups in total. The molecule has 10 heteroatoms. The highest BCUT2D eigenvalue weighted by atomic mass is 35.5. The zero-order valence-electron chi connectivity index (χ0n) is 11.7. The van der Waals surface area contributed by atoms with Crippen molar-refractivity contribution in [3.63, 3.8) is 0 Å². The molecular formula is C12H16ClN3O5S. The van der Waals surface area contributed by atoms with Crippen LogP contribution in [0.3, 0.4) is 0 Å². The van der Waals surface area contributed by atoms with Crippen LogP contribution in [0.25, 0.3) is 6.08 Å². The highest BCUT2D eigenvalue weighted by Gasteiger charge is 2.13. The molecule has 22 heavy (non-hydrogen) atoms. The lowest BCUT2D eigenvalue weighted by Gasteiger charge is -2.13. The van der Waals surface area contributed by atoms with Crippen LogP contribution in [-0.2, 0) is 15.6 Å². The summed E-state index contributed by atoms with van der Waals surface area (Å²) in [5.74, 6) is -0.548. The summed E-state index contributed by atoms with van der Waals surface area (Å²) in [6.45, 7) is 1.13. The number of carbonyl (C=O) groups is 1. The van der Waals surface area contributed by atoms with Crippen LogP contribution >= 0.6 is 11.6 Å². The second-order valence-corrected chi connectivity index (χ2v) is 6.47. The maximum absolute atomic E-state index is 11.7. The molecule has 0 saturated carbocycles. The number of aryl methyl sites for hydroxylation is 1. The molecule has 1 amide bonds. The van der Waals surface area contributed by atoms with Gasteiger partial charge in [-0.3, -0.25) is 18.8 Å². The van der Waals surface area contributed by atoms with Gasteiger partial charge in [0, 0.05) is 28.3 Å². The van der Waals surface area contributed by atoms with E-state index in [0.717, 1.165) is 6.08 Å². The van der Waals surface area contributed by atoms with Crippen molar-refractivity contribution in [2.45, 2.75) is 13.0 Å². The minimum Gasteiger partial charge on any atom is -0.394 e. The van der Waals surface area contributed by atoms with Crippen LogP contribution < -0.4 is 16.6 Å². The van der Waals surface area contributed by atoms with Gasteiger partial charge in [-0.15, -0.1) is 11.6 Å². The Kier molecular flexibility index (Phi) is 7.22. The molecule has 1 heterocycles. The van der Waals surface area contributed by atoms with E-state index < -0.39 is 34.0 Å². The molecule has 0 aliphatic rings. The van der Waals surface area contributed by atoms with Gasteiger partial charge in [0.2, 0.25) is 5.91 Å². The molecule has 1 aromatic rings. The van der Waals surface area contributed by atoms with Gasteiger partial charge in [-0.05, 0) is 13.0 Å². The minimum atomic E-state index is -1.35. The van der Waals surface area contributed by atoms with Gasteiger partial charge in [0.05, 0.1) is 23.4 Å². The van der Waals surface area contributed by atoms with E-state index in [1.165, 1.54) is 13.0 Å². The average molecular weight is 350 g/mol. The first kappa shape index (κ1) is 18.3. The maximum Gasteiger partial charge on any atom is 0.325 e. The van der Waals surface area contributed by atoms with Crippen molar-refractivity contribution in [1.29, 1.82) is 0 Å². The van der Waals surface area contributed by atoms with Crippen LogP contribution in [0.15, 0.2) is 15.7 Å². The van der Waals surface area contributed by atoms with Gasteiger partial charge in [-0.2, -0.15) is 0 Å². The predicted octanol–water partition coefficient (Wildman–Crippen LogP) is -1.19. The molecule has 0 radical (unpaired) electrons. The largest absolute Gasteiger partial charge is 0.394 e. The third-order valence-corrected chi connectivity index (χ3v) is 4.40. The van der Waals surface area contributed by atoms with Crippen molar-refractivity contribution >= 4 is 34.4 Å². The number of rotatable bonds is 7. The zero-order chi connectivity index (χ0) is 16.7. The second kappa shape index (κ2) is 8.66. The maximum atomic E-state index is 11.7. The third-order valence-electron chi connectivity index (χ3n) is 2.65. The number of carbonyl (C=O) groups excluding carboxylic acids is 1. The number of aromatic nitrogens is 2.